The maximum atomic E-state index is 6.15. The molecular weight excluding hydrogens is 248 g/mol. The number of furan rings is 1. The molecule has 3 rings (SSSR count). The average molecular weight is 276 g/mol. The van der Waals surface area contributed by atoms with Crippen LogP contribution >= 0.6 is 0 Å². The lowest BCUT2D eigenvalue weighted by atomic mass is 10.1. The summed E-state index contributed by atoms with van der Waals surface area (Å²) in [5.41, 5.74) is 6.08. The molecule has 2 fully saturated rings. The van der Waals surface area contributed by atoms with Crippen molar-refractivity contribution >= 4 is 0 Å². The number of hydrogen-bond donors (Lipinski definition) is 1. The highest BCUT2D eigenvalue weighted by molar-refractivity contribution is 5.19. The second-order valence-electron chi connectivity index (χ2n) is 6.58. The summed E-state index contributed by atoms with van der Waals surface area (Å²) in [5.74, 6) is 3.70. The van der Waals surface area contributed by atoms with Crippen molar-refractivity contribution in [3.8, 4) is 0 Å². The van der Waals surface area contributed by atoms with E-state index in [0.717, 1.165) is 18.2 Å². The van der Waals surface area contributed by atoms with E-state index < -0.39 is 0 Å². The SMILES string of the molecule is CCN(C1CCCC1)C(CN)c1ccc(C2CC2C)o1. The first-order valence-corrected chi connectivity index (χ1v) is 8.30. The van der Waals surface area contributed by atoms with E-state index in [9.17, 15) is 0 Å². The topological polar surface area (TPSA) is 42.4 Å². The molecule has 1 aromatic heterocycles. The zero-order valence-electron chi connectivity index (χ0n) is 12.8. The minimum absolute atomic E-state index is 0.255. The van der Waals surface area contributed by atoms with Gasteiger partial charge in [0.25, 0.3) is 0 Å². The molecule has 0 aliphatic heterocycles. The minimum Gasteiger partial charge on any atom is -0.464 e. The highest BCUT2D eigenvalue weighted by Crippen LogP contribution is 2.48. The molecule has 3 unspecified atom stereocenters. The molecule has 0 aromatic carbocycles. The van der Waals surface area contributed by atoms with E-state index in [4.69, 9.17) is 10.2 Å². The number of likely N-dealkylation sites (N-methyl/N-ethyl adjacent to an activating group) is 1. The lowest BCUT2D eigenvalue weighted by Crippen LogP contribution is -2.39. The summed E-state index contributed by atoms with van der Waals surface area (Å²) in [6, 6.07) is 5.29. The standard InChI is InChI=1S/C17H28N2O/c1-3-19(13-6-4-5-7-13)15(11-18)17-9-8-16(20-17)14-10-12(14)2/h8-9,12-15H,3-7,10-11,18H2,1-2H3. The zero-order chi connectivity index (χ0) is 14.1. The van der Waals surface area contributed by atoms with Gasteiger partial charge in [-0.1, -0.05) is 26.7 Å². The van der Waals surface area contributed by atoms with Gasteiger partial charge in [-0.15, -0.1) is 0 Å². The second kappa shape index (κ2) is 5.90. The van der Waals surface area contributed by atoms with Crippen molar-refractivity contribution in [2.45, 2.75) is 64.0 Å². The zero-order valence-corrected chi connectivity index (χ0v) is 12.8. The Bertz CT molecular complexity index is 436. The molecule has 1 aromatic rings. The minimum atomic E-state index is 0.255. The van der Waals surface area contributed by atoms with Gasteiger partial charge < -0.3 is 10.2 Å². The van der Waals surface area contributed by atoms with Gasteiger partial charge in [-0.3, -0.25) is 4.90 Å². The van der Waals surface area contributed by atoms with Crippen LogP contribution in [0.2, 0.25) is 0 Å². The number of nitrogens with zero attached hydrogens (tertiary/aromatic N) is 1. The van der Waals surface area contributed by atoms with Gasteiger partial charge in [0, 0.05) is 18.5 Å². The van der Waals surface area contributed by atoms with Gasteiger partial charge in [0.2, 0.25) is 0 Å². The van der Waals surface area contributed by atoms with E-state index in [1.165, 1.54) is 37.9 Å². The van der Waals surface area contributed by atoms with Gasteiger partial charge in [-0.05, 0) is 43.9 Å². The molecule has 2 aliphatic rings. The largest absolute Gasteiger partial charge is 0.464 e. The number of rotatable bonds is 6. The Labute approximate surface area is 122 Å². The molecule has 0 saturated heterocycles. The van der Waals surface area contributed by atoms with E-state index in [2.05, 4.69) is 30.9 Å². The smallest absolute Gasteiger partial charge is 0.122 e. The maximum Gasteiger partial charge on any atom is 0.122 e. The van der Waals surface area contributed by atoms with Crippen LogP contribution in [0.5, 0.6) is 0 Å². The lowest BCUT2D eigenvalue weighted by molar-refractivity contribution is 0.129. The van der Waals surface area contributed by atoms with E-state index in [0.29, 0.717) is 18.5 Å². The Morgan fingerprint density at radius 3 is 2.60 bits per heavy atom. The summed E-state index contributed by atoms with van der Waals surface area (Å²) in [6.07, 6.45) is 6.64. The average Bonchev–Trinajstić information content (AvgIpc) is 2.93. The third-order valence-electron chi connectivity index (χ3n) is 5.23. The van der Waals surface area contributed by atoms with Crippen LogP contribution in [0.25, 0.3) is 0 Å². The summed E-state index contributed by atoms with van der Waals surface area (Å²) in [7, 11) is 0. The molecule has 0 bridgehead atoms. The molecule has 2 N–H and O–H groups in total. The van der Waals surface area contributed by atoms with Gasteiger partial charge in [-0.2, -0.15) is 0 Å². The molecule has 2 aliphatic carbocycles. The van der Waals surface area contributed by atoms with E-state index >= 15 is 0 Å². The summed E-state index contributed by atoms with van der Waals surface area (Å²) in [4.78, 5) is 2.56. The number of hydrogen-bond acceptors (Lipinski definition) is 3. The molecule has 0 spiro atoms. The maximum absolute atomic E-state index is 6.15. The Hall–Kier alpha value is -0.800. The van der Waals surface area contributed by atoms with Crippen LogP contribution in [0, 0.1) is 5.92 Å². The van der Waals surface area contributed by atoms with Crippen LogP contribution in [0.3, 0.4) is 0 Å². The molecule has 1 heterocycles. The molecule has 112 valence electrons. The van der Waals surface area contributed by atoms with Gasteiger partial charge >= 0.3 is 0 Å². The van der Waals surface area contributed by atoms with Gasteiger partial charge in [0.1, 0.15) is 11.5 Å². The molecular formula is C17H28N2O. The first kappa shape index (κ1) is 14.2. The summed E-state index contributed by atoms with van der Waals surface area (Å²) < 4.78 is 6.15. The Kier molecular flexibility index (Phi) is 4.18. The Morgan fingerprint density at radius 2 is 2.05 bits per heavy atom. The number of nitrogens with two attached hydrogens (primary N) is 1. The molecule has 0 amide bonds. The predicted molar refractivity (Wildman–Crippen MR) is 81.7 cm³/mol. The van der Waals surface area contributed by atoms with Crippen molar-refractivity contribution in [3.05, 3.63) is 23.7 Å². The van der Waals surface area contributed by atoms with Crippen LogP contribution in [0.1, 0.15) is 69.4 Å². The fourth-order valence-electron chi connectivity index (χ4n) is 3.85. The van der Waals surface area contributed by atoms with E-state index in [-0.39, 0.29) is 6.04 Å². The fourth-order valence-corrected chi connectivity index (χ4v) is 3.85. The fraction of sp³-hybridized carbons (Fsp3) is 0.765. The van der Waals surface area contributed by atoms with Crippen molar-refractivity contribution in [1.29, 1.82) is 0 Å². The monoisotopic (exact) mass is 276 g/mol. The van der Waals surface area contributed by atoms with Crippen LogP contribution in [0.15, 0.2) is 16.5 Å². The van der Waals surface area contributed by atoms with Gasteiger partial charge in [-0.25, -0.2) is 0 Å². The van der Waals surface area contributed by atoms with Gasteiger partial charge in [0.05, 0.1) is 6.04 Å². The normalized spacial score (nSPS) is 28.2. The van der Waals surface area contributed by atoms with Gasteiger partial charge in [0.15, 0.2) is 0 Å². The van der Waals surface area contributed by atoms with E-state index in [1.54, 1.807) is 0 Å². The first-order valence-electron chi connectivity index (χ1n) is 8.30. The first-order chi connectivity index (χ1) is 9.74. The highest BCUT2D eigenvalue weighted by Gasteiger charge is 2.37. The Balaban J connectivity index is 1.75. The highest BCUT2D eigenvalue weighted by atomic mass is 16.3. The molecule has 0 radical (unpaired) electrons. The second-order valence-corrected chi connectivity index (χ2v) is 6.58. The third-order valence-corrected chi connectivity index (χ3v) is 5.23. The lowest BCUT2D eigenvalue weighted by Gasteiger charge is -2.33. The van der Waals surface area contributed by atoms with E-state index in [1.807, 2.05) is 0 Å². The predicted octanol–water partition coefficient (Wildman–Crippen LogP) is 3.67. The summed E-state index contributed by atoms with van der Waals surface area (Å²) >= 11 is 0. The molecule has 20 heavy (non-hydrogen) atoms. The third kappa shape index (κ3) is 2.66. The molecule has 3 heteroatoms. The quantitative estimate of drug-likeness (QED) is 0.862. The van der Waals surface area contributed by atoms with Crippen molar-refractivity contribution in [2.75, 3.05) is 13.1 Å². The van der Waals surface area contributed by atoms with Crippen molar-refractivity contribution in [1.82, 2.24) is 4.90 Å². The molecule has 2 saturated carbocycles. The summed E-state index contributed by atoms with van der Waals surface area (Å²) in [6.45, 7) is 6.25. The molecule has 3 atom stereocenters. The van der Waals surface area contributed by atoms with Crippen LogP contribution in [-0.2, 0) is 0 Å². The van der Waals surface area contributed by atoms with Crippen molar-refractivity contribution in [3.63, 3.8) is 0 Å². The summed E-state index contributed by atoms with van der Waals surface area (Å²) in [5, 5.41) is 0. The molecule has 3 nitrogen and oxygen atoms in total. The van der Waals surface area contributed by atoms with Crippen molar-refractivity contribution < 1.29 is 4.42 Å². The van der Waals surface area contributed by atoms with Crippen LogP contribution < -0.4 is 5.73 Å². The van der Waals surface area contributed by atoms with Crippen molar-refractivity contribution in [2.24, 2.45) is 11.7 Å². The Morgan fingerprint density at radius 1 is 1.35 bits per heavy atom. The van der Waals surface area contributed by atoms with Crippen LogP contribution in [0.4, 0.5) is 0 Å². The van der Waals surface area contributed by atoms with Crippen LogP contribution in [-0.4, -0.2) is 24.0 Å².